The van der Waals surface area contributed by atoms with Crippen molar-refractivity contribution in [2.45, 2.75) is 10.4 Å². The van der Waals surface area contributed by atoms with E-state index in [1.165, 1.54) is 5.56 Å². The van der Waals surface area contributed by atoms with Gasteiger partial charge >= 0.3 is 14.8 Å². The van der Waals surface area contributed by atoms with E-state index >= 15 is 0 Å². The summed E-state index contributed by atoms with van der Waals surface area (Å²) < 4.78 is 1.82. The molecule has 4 nitrogen and oxygen atoms in total. The number of rotatable bonds is 0. The van der Waals surface area contributed by atoms with E-state index in [1.807, 2.05) is 24.3 Å². The number of alkyl halides is 3. The summed E-state index contributed by atoms with van der Waals surface area (Å²) >= 11 is 24.8. The molecule has 0 atom stereocenters. The van der Waals surface area contributed by atoms with Gasteiger partial charge < -0.3 is 4.74 Å². The third kappa shape index (κ3) is 5.94. The Morgan fingerprint density at radius 1 is 1.15 bits per heavy atom. The van der Waals surface area contributed by atoms with Crippen molar-refractivity contribution in [1.29, 1.82) is 0 Å². The van der Waals surface area contributed by atoms with Gasteiger partial charge in [-0.15, -0.1) is 0 Å². The lowest BCUT2D eigenvalue weighted by atomic mass is 10.2. The van der Waals surface area contributed by atoms with Gasteiger partial charge in [0.1, 0.15) is 0 Å². The number of ether oxygens (including phenoxy) is 1. The van der Waals surface area contributed by atoms with Crippen LogP contribution in [0.2, 0.25) is 0 Å². The molecule has 1 aromatic carbocycles. The van der Waals surface area contributed by atoms with Crippen LogP contribution < -0.4 is 4.90 Å². The van der Waals surface area contributed by atoms with Gasteiger partial charge in [-0.05, 0) is 64.5 Å². The fraction of sp³-hybridized carbons (Fsp3) is 0.273. The molecule has 0 saturated heterocycles. The van der Waals surface area contributed by atoms with E-state index in [2.05, 4.69) is 16.3 Å². The van der Waals surface area contributed by atoms with Crippen molar-refractivity contribution in [2.24, 2.45) is 0 Å². The lowest BCUT2D eigenvalue weighted by Gasteiger charge is -2.11. The Labute approximate surface area is 140 Å². The second kappa shape index (κ2) is 7.57. The monoisotopic (exact) mass is 377 g/mol. The number of hydrogen-bond acceptors (Lipinski definition) is 3. The predicted octanol–water partition coefficient (Wildman–Crippen LogP) is 5.10. The highest BCUT2D eigenvalue weighted by Crippen LogP contribution is 2.28. The van der Waals surface area contributed by atoms with E-state index in [4.69, 9.17) is 46.4 Å². The zero-order valence-corrected chi connectivity index (χ0v) is 13.6. The maximum atomic E-state index is 10.9. The minimum absolute atomic E-state index is 0.389. The summed E-state index contributed by atoms with van der Waals surface area (Å²) in [6, 6.07) is 7.83. The molecule has 0 saturated carbocycles. The van der Waals surface area contributed by atoms with Gasteiger partial charge in [0.25, 0.3) is 0 Å². The van der Waals surface area contributed by atoms with Crippen molar-refractivity contribution in [1.82, 2.24) is 0 Å². The Morgan fingerprint density at radius 2 is 1.75 bits per heavy atom. The zero-order chi connectivity index (χ0) is 15.3. The molecule has 0 aliphatic carbocycles. The maximum Gasteiger partial charge on any atom is 0.407 e. The normalized spacial score (nSPS) is 13.2. The van der Waals surface area contributed by atoms with E-state index in [9.17, 15) is 9.59 Å². The molecule has 1 heterocycles. The Bertz CT molecular complexity index is 503. The topological polar surface area (TPSA) is 46.6 Å². The lowest BCUT2D eigenvalue weighted by Crippen LogP contribution is -2.22. The molecular formula is C11H8Cl5NO3. The molecule has 0 spiro atoms. The van der Waals surface area contributed by atoms with Crippen molar-refractivity contribution in [2.75, 3.05) is 11.4 Å². The van der Waals surface area contributed by atoms with Crippen LogP contribution in [-0.4, -0.2) is 21.3 Å². The minimum atomic E-state index is -2.04. The fourth-order valence-electron chi connectivity index (χ4n) is 1.61. The van der Waals surface area contributed by atoms with Gasteiger partial charge in [0.05, 0.1) is 0 Å². The summed E-state index contributed by atoms with van der Waals surface area (Å²) in [6.45, 7) is 0.710. The van der Waals surface area contributed by atoms with Crippen molar-refractivity contribution in [3.63, 3.8) is 0 Å². The number of fused-ring (bicyclic) bond motifs is 1. The summed E-state index contributed by atoms with van der Waals surface area (Å²) in [5.74, 6) is 0. The Hall–Kier alpha value is -0.390. The molecule has 0 N–H and O–H groups in total. The van der Waals surface area contributed by atoms with Gasteiger partial charge in [-0.2, -0.15) is 0 Å². The molecule has 0 aromatic heterocycles. The second-order valence-electron chi connectivity index (χ2n) is 3.57. The van der Waals surface area contributed by atoms with Crippen molar-refractivity contribution in [3.8, 4) is 0 Å². The van der Waals surface area contributed by atoms with E-state index in [0.29, 0.717) is 6.54 Å². The molecule has 1 amide bonds. The van der Waals surface area contributed by atoms with Crippen LogP contribution >= 0.6 is 58.0 Å². The molecule has 2 rings (SSSR count). The van der Waals surface area contributed by atoms with Crippen molar-refractivity contribution < 1.29 is 14.3 Å². The highest BCUT2D eigenvalue weighted by Gasteiger charge is 2.23. The van der Waals surface area contributed by atoms with E-state index in [-0.39, 0.29) is 5.37 Å². The molecule has 20 heavy (non-hydrogen) atoms. The number of anilines is 1. The average molecular weight is 379 g/mol. The first kappa shape index (κ1) is 17.7. The van der Waals surface area contributed by atoms with Crippen molar-refractivity contribution in [3.05, 3.63) is 29.8 Å². The first-order valence-electron chi connectivity index (χ1n) is 5.21. The van der Waals surface area contributed by atoms with Gasteiger partial charge in [-0.25, -0.2) is 4.79 Å². The van der Waals surface area contributed by atoms with Gasteiger partial charge in [0, 0.05) is 23.8 Å². The molecular weight excluding hydrogens is 371 g/mol. The van der Waals surface area contributed by atoms with E-state index in [0.717, 1.165) is 12.1 Å². The number of amides is 1. The van der Waals surface area contributed by atoms with Crippen LogP contribution in [0.5, 0.6) is 0 Å². The lowest BCUT2D eigenvalue weighted by molar-refractivity contribution is 0.172. The van der Waals surface area contributed by atoms with Crippen LogP contribution in [0.1, 0.15) is 5.56 Å². The summed E-state index contributed by atoms with van der Waals surface area (Å²) in [4.78, 5) is 22.2. The fourth-order valence-corrected chi connectivity index (χ4v) is 2.23. The van der Waals surface area contributed by atoms with Crippen LogP contribution in [0.15, 0.2) is 24.3 Å². The number of hydrogen-bond donors (Lipinski definition) is 0. The number of halogens is 5. The van der Waals surface area contributed by atoms with E-state index < -0.39 is 9.41 Å². The number of benzene rings is 1. The highest BCUT2D eigenvalue weighted by molar-refractivity contribution is 6.69. The van der Waals surface area contributed by atoms with Gasteiger partial charge in [0.15, 0.2) is 0 Å². The molecule has 9 heteroatoms. The average Bonchev–Trinajstić information content (AvgIpc) is 2.69. The summed E-state index contributed by atoms with van der Waals surface area (Å²) in [5, 5.41) is -0.389. The van der Waals surface area contributed by atoms with Crippen LogP contribution in [-0.2, 0) is 11.2 Å². The van der Waals surface area contributed by atoms with Crippen LogP contribution in [0.25, 0.3) is 0 Å². The van der Waals surface area contributed by atoms with Gasteiger partial charge in [-0.3, -0.25) is 9.69 Å². The summed E-state index contributed by atoms with van der Waals surface area (Å²) in [5.41, 5.74) is 1.01. The molecule has 0 radical (unpaired) electrons. The molecule has 0 bridgehead atoms. The van der Waals surface area contributed by atoms with Crippen LogP contribution in [0.3, 0.4) is 0 Å². The molecule has 0 fully saturated rings. The largest absolute Gasteiger partial charge is 0.407 e. The van der Waals surface area contributed by atoms with Crippen LogP contribution in [0, 0.1) is 0 Å². The van der Waals surface area contributed by atoms with Crippen molar-refractivity contribution >= 4 is 74.5 Å². The standard InChI is InChI=1S/C9H8ClNO.C2Cl4O2/c10-9(12)11-6-5-7-3-1-2-4-8(7)11;3-1(7)8-2(4,5)6/h1-4H,5-6H2;. The quantitative estimate of drug-likeness (QED) is 0.358. The SMILES string of the molecule is O=C(Cl)N1CCc2ccccc21.O=C(Cl)OC(Cl)(Cl)Cl. The first-order chi connectivity index (χ1) is 9.20. The summed E-state index contributed by atoms with van der Waals surface area (Å²) in [6.07, 6.45) is 0.911. The highest BCUT2D eigenvalue weighted by atomic mass is 35.6. The smallest absolute Gasteiger partial charge is 0.402 e. The molecule has 1 aromatic rings. The Kier molecular flexibility index (Phi) is 6.69. The third-order valence-corrected chi connectivity index (χ3v) is 2.81. The Balaban J connectivity index is 0.000000221. The molecule has 1 aliphatic rings. The predicted molar refractivity (Wildman–Crippen MR) is 81.4 cm³/mol. The summed E-state index contributed by atoms with van der Waals surface area (Å²) in [7, 11) is 0. The number of carbonyl (C=O) groups excluding carboxylic acids is 2. The van der Waals surface area contributed by atoms with E-state index in [1.54, 1.807) is 4.90 Å². The second-order valence-corrected chi connectivity index (χ2v) is 6.38. The molecule has 110 valence electrons. The van der Waals surface area contributed by atoms with Crippen LogP contribution in [0.4, 0.5) is 15.3 Å². The van der Waals surface area contributed by atoms with Gasteiger partial charge in [0.2, 0.25) is 0 Å². The number of para-hydroxylation sites is 1. The first-order valence-corrected chi connectivity index (χ1v) is 7.10. The number of carbonyl (C=O) groups is 2. The molecule has 0 unspecified atom stereocenters. The maximum absolute atomic E-state index is 10.9. The molecule has 1 aliphatic heterocycles. The minimum Gasteiger partial charge on any atom is -0.402 e. The van der Waals surface area contributed by atoms with Gasteiger partial charge in [-0.1, -0.05) is 18.2 Å². The third-order valence-electron chi connectivity index (χ3n) is 2.30. The zero-order valence-electron chi connectivity index (χ0n) is 9.79. The Morgan fingerprint density at radius 3 is 2.20 bits per heavy atom. The number of nitrogens with zero attached hydrogens (tertiary/aromatic N) is 1.